The molecule has 4 rings (SSSR count). The van der Waals surface area contributed by atoms with E-state index < -0.39 is 11.0 Å². The molecule has 2 aromatic rings. The van der Waals surface area contributed by atoms with Crippen molar-refractivity contribution in [1.82, 2.24) is 15.5 Å². The summed E-state index contributed by atoms with van der Waals surface area (Å²) in [5.74, 6) is 0.899. The van der Waals surface area contributed by atoms with Gasteiger partial charge in [-0.3, -0.25) is 4.79 Å². The Labute approximate surface area is 157 Å². The first-order valence-corrected chi connectivity index (χ1v) is 9.96. The molecule has 0 atom stereocenters. The van der Waals surface area contributed by atoms with Crippen molar-refractivity contribution < 1.29 is 9.53 Å². The Morgan fingerprint density at radius 1 is 1.12 bits per heavy atom. The highest BCUT2D eigenvalue weighted by atomic mass is 32.1. The van der Waals surface area contributed by atoms with E-state index in [2.05, 4.69) is 15.5 Å². The standard InChI is InChI=1S/C19H24N4O2S/c1-25-14-7-5-13(6-8-14)18(11-12-18)15(24)21-19(9-3-2-4-10-19)16-22-23-17(20)26-16/h5-8H,2-4,9-12H2,1H3,(H2,20,23)(H,21,24). The average Bonchev–Trinajstić information content (AvgIpc) is 3.37. The number of benzene rings is 1. The van der Waals surface area contributed by atoms with Gasteiger partial charge in [-0.1, -0.05) is 42.7 Å². The lowest BCUT2D eigenvalue weighted by Gasteiger charge is -2.37. The van der Waals surface area contributed by atoms with Crippen molar-refractivity contribution in [2.45, 2.75) is 55.9 Å². The van der Waals surface area contributed by atoms with E-state index >= 15 is 0 Å². The summed E-state index contributed by atoms with van der Waals surface area (Å²) in [6, 6.07) is 7.85. The van der Waals surface area contributed by atoms with E-state index in [0.717, 1.165) is 54.8 Å². The fraction of sp³-hybridized carbons (Fsp3) is 0.526. The van der Waals surface area contributed by atoms with Crippen LogP contribution in [0.15, 0.2) is 24.3 Å². The topological polar surface area (TPSA) is 90.1 Å². The number of anilines is 1. The van der Waals surface area contributed by atoms with Crippen molar-refractivity contribution in [2.24, 2.45) is 0 Å². The van der Waals surface area contributed by atoms with E-state index in [4.69, 9.17) is 10.5 Å². The quantitative estimate of drug-likeness (QED) is 0.841. The number of rotatable bonds is 5. The number of nitrogen functional groups attached to an aromatic ring is 1. The summed E-state index contributed by atoms with van der Waals surface area (Å²) in [6.07, 6.45) is 6.89. The van der Waals surface area contributed by atoms with Crippen molar-refractivity contribution in [1.29, 1.82) is 0 Å². The molecule has 0 spiro atoms. The maximum absolute atomic E-state index is 13.3. The maximum atomic E-state index is 13.3. The van der Waals surface area contributed by atoms with E-state index in [1.165, 1.54) is 17.8 Å². The number of nitrogens with zero attached hydrogens (tertiary/aromatic N) is 2. The second kappa shape index (κ2) is 6.54. The van der Waals surface area contributed by atoms with Crippen LogP contribution < -0.4 is 15.8 Å². The van der Waals surface area contributed by atoms with Crippen LogP contribution in [0.4, 0.5) is 5.13 Å². The Morgan fingerprint density at radius 2 is 1.81 bits per heavy atom. The molecule has 7 heteroatoms. The molecule has 3 N–H and O–H groups in total. The van der Waals surface area contributed by atoms with Gasteiger partial charge in [-0.2, -0.15) is 0 Å². The summed E-state index contributed by atoms with van der Waals surface area (Å²) in [4.78, 5) is 13.3. The van der Waals surface area contributed by atoms with Gasteiger partial charge in [0.25, 0.3) is 0 Å². The molecule has 0 saturated heterocycles. The van der Waals surface area contributed by atoms with E-state index in [9.17, 15) is 4.79 Å². The van der Waals surface area contributed by atoms with Crippen LogP contribution in [-0.2, 0) is 15.7 Å². The first kappa shape index (κ1) is 17.3. The summed E-state index contributed by atoms with van der Waals surface area (Å²) in [5, 5.41) is 12.9. The van der Waals surface area contributed by atoms with Crippen LogP contribution >= 0.6 is 11.3 Å². The minimum atomic E-state index is -0.424. The molecule has 1 aromatic carbocycles. The zero-order valence-corrected chi connectivity index (χ0v) is 15.8. The van der Waals surface area contributed by atoms with Gasteiger partial charge in [0.2, 0.25) is 11.0 Å². The van der Waals surface area contributed by atoms with E-state index in [0.29, 0.717) is 5.13 Å². The number of nitrogens with one attached hydrogen (secondary N) is 1. The van der Waals surface area contributed by atoms with Crippen LogP contribution in [0.25, 0.3) is 0 Å². The lowest BCUT2D eigenvalue weighted by molar-refractivity contribution is -0.126. The van der Waals surface area contributed by atoms with Gasteiger partial charge in [0.15, 0.2) is 0 Å². The molecule has 2 fully saturated rings. The van der Waals surface area contributed by atoms with E-state index in [1.54, 1.807) is 7.11 Å². The number of carbonyl (C=O) groups is 1. The van der Waals surface area contributed by atoms with Gasteiger partial charge in [-0.05, 0) is 43.4 Å². The van der Waals surface area contributed by atoms with Crippen molar-refractivity contribution in [3.05, 3.63) is 34.8 Å². The fourth-order valence-corrected chi connectivity index (χ4v) is 4.81. The van der Waals surface area contributed by atoms with E-state index in [1.807, 2.05) is 24.3 Å². The molecule has 6 nitrogen and oxygen atoms in total. The first-order chi connectivity index (χ1) is 12.6. The van der Waals surface area contributed by atoms with Gasteiger partial charge >= 0.3 is 0 Å². The average molecular weight is 372 g/mol. The Kier molecular flexibility index (Phi) is 4.34. The van der Waals surface area contributed by atoms with Gasteiger partial charge in [0.05, 0.1) is 18.1 Å². The lowest BCUT2D eigenvalue weighted by Crippen LogP contribution is -2.50. The monoisotopic (exact) mass is 372 g/mol. The Balaban J connectivity index is 1.60. The van der Waals surface area contributed by atoms with Crippen molar-refractivity contribution >= 4 is 22.4 Å². The second-order valence-corrected chi connectivity index (χ2v) is 8.36. The SMILES string of the molecule is COc1ccc(C2(C(=O)NC3(c4nnc(N)s4)CCCCC3)CC2)cc1. The van der Waals surface area contributed by atoms with Gasteiger partial charge < -0.3 is 15.8 Å². The highest BCUT2D eigenvalue weighted by Gasteiger charge is 2.53. The zero-order valence-electron chi connectivity index (χ0n) is 15.0. The Bertz CT molecular complexity index is 792. The molecule has 26 heavy (non-hydrogen) atoms. The van der Waals surface area contributed by atoms with E-state index in [-0.39, 0.29) is 5.91 Å². The number of aromatic nitrogens is 2. The van der Waals surface area contributed by atoms with Crippen LogP contribution in [0.1, 0.15) is 55.5 Å². The molecule has 0 bridgehead atoms. The molecule has 0 radical (unpaired) electrons. The number of nitrogens with two attached hydrogens (primary N) is 1. The van der Waals surface area contributed by atoms with Crippen LogP contribution in [0, 0.1) is 0 Å². The number of hydrogen-bond donors (Lipinski definition) is 2. The summed E-state index contributed by atoms with van der Waals surface area (Å²) < 4.78 is 5.23. The number of methoxy groups -OCH3 is 1. The molecule has 0 unspecified atom stereocenters. The summed E-state index contributed by atoms with van der Waals surface area (Å²) >= 11 is 1.39. The van der Waals surface area contributed by atoms with Crippen LogP contribution in [0.3, 0.4) is 0 Å². The van der Waals surface area contributed by atoms with Crippen LogP contribution in [0.2, 0.25) is 0 Å². The third-order valence-corrected chi connectivity index (χ3v) is 6.69. The predicted molar refractivity (Wildman–Crippen MR) is 101 cm³/mol. The minimum absolute atomic E-state index is 0.0957. The minimum Gasteiger partial charge on any atom is -0.497 e. The number of hydrogen-bond acceptors (Lipinski definition) is 6. The molecule has 2 saturated carbocycles. The highest BCUT2D eigenvalue weighted by Crippen LogP contribution is 2.50. The van der Waals surface area contributed by atoms with Crippen LogP contribution in [0.5, 0.6) is 5.75 Å². The zero-order chi connectivity index (χ0) is 18.2. The molecule has 2 aliphatic carbocycles. The van der Waals surface area contributed by atoms with Gasteiger partial charge in [0, 0.05) is 0 Å². The molecule has 1 heterocycles. The molecule has 1 aromatic heterocycles. The smallest absolute Gasteiger partial charge is 0.231 e. The van der Waals surface area contributed by atoms with Crippen molar-refractivity contribution in [3.8, 4) is 5.75 Å². The Morgan fingerprint density at radius 3 is 2.35 bits per heavy atom. The number of carbonyl (C=O) groups excluding carboxylic acids is 1. The third-order valence-electron chi connectivity index (χ3n) is 5.74. The number of amides is 1. The summed E-state index contributed by atoms with van der Waals surface area (Å²) in [6.45, 7) is 0. The molecule has 1 amide bonds. The summed E-state index contributed by atoms with van der Waals surface area (Å²) in [5.41, 5.74) is 6.02. The van der Waals surface area contributed by atoms with Crippen molar-refractivity contribution in [3.63, 3.8) is 0 Å². The second-order valence-electron chi connectivity index (χ2n) is 7.35. The first-order valence-electron chi connectivity index (χ1n) is 9.15. The largest absolute Gasteiger partial charge is 0.497 e. The number of ether oxygens (including phenoxy) is 1. The normalized spacial score (nSPS) is 20.3. The molecular weight excluding hydrogens is 348 g/mol. The fourth-order valence-electron chi connectivity index (χ4n) is 3.99. The molecule has 138 valence electrons. The van der Waals surface area contributed by atoms with Gasteiger partial charge in [0.1, 0.15) is 10.8 Å². The lowest BCUT2D eigenvalue weighted by atomic mass is 9.81. The third kappa shape index (κ3) is 2.94. The van der Waals surface area contributed by atoms with Gasteiger partial charge in [-0.15, -0.1) is 10.2 Å². The highest BCUT2D eigenvalue weighted by molar-refractivity contribution is 7.15. The van der Waals surface area contributed by atoms with Crippen LogP contribution in [-0.4, -0.2) is 23.2 Å². The molecular formula is C19H24N4O2S. The Hall–Kier alpha value is -2.15. The predicted octanol–water partition coefficient (Wildman–Crippen LogP) is 3.14. The van der Waals surface area contributed by atoms with Crippen molar-refractivity contribution in [2.75, 3.05) is 12.8 Å². The maximum Gasteiger partial charge on any atom is 0.231 e. The summed E-state index contributed by atoms with van der Waals surface area (Å²) in [7, 11) is 1.65. The molecule has 0 aliphatic heterocycles. The molecule has 2 aliphatic rings. The van der Waals surface area contributed by atoms with Gasteiger partial charge in [-0.25, -0.2) is 0 Å².